The van der Waals surface area contributed by atoms with Gasteiger partial charge in [-0.1, -0.05) is 19.9 Å². The molecule has 3 nitrogen and oxygen atoms in total. The number of carbonyl (C=O) groups excluding carboxylic acids is 2. The Labute approximate surface area is 103 Å². The van der Waals surface area contributed by atoms with Crippen LogP contribution in [0, 0.1) is 0 Å². The van der Waals surface area contributed by atoms with Gasteiger partial charge >= 0.3 is 0 Å². The van der Waals surface area contributed by atoms with Crippen molar-refractivity contribution in [3.05, 3.63) is 36.2 Å². The number of Topliss-reactive ketones (excluding diaryl/α,β-unsaturated/α-hetero) is 1. The lowest BCUT2D eigenvalue weighted by Crippen LogP contribution is -1.97. The molecular weight excluding hydrogens is 214 g/mol. The van der Waals surface area contributed by atoms with Crippen LogP contribution in [-0.2, 0) is 9.59 Å². The van der Waals surface area contributed by atoms with E-state index < -0.39 is 0 Å². The SMILES string of the molecule is CC.CC(=O)CCC(=O)/C=C/c1ccncc1. The summed E-state index contributed by atoms with van der Waals surface area (Å²) in [6.45, 7) is 5.49. The summed E-state index contributed by atoms with van der Waals surface area (Å²) in [5.74, 6) is 0.0164. The largest absolute Gasteiger partial charge is 0.300 e. The molecule has 0 fully saturated rings. The Kier molecular flexibility index (Phi) is 8.47. The zero-order valence-corrected chi connectivity index (χ0v) is 10.6. The highest BCUT2D eigenvalue weighted by Gasteiger charge is 1.99. The van der Waals surface area contributed by atoms with E-state index in [9.17, 15) is 9.59 Å². The van der Waals surface area contributed by atoms with Crippen molar-refractivity contribution in [3.63, 3.8) is 0 Å². The van der Waals surface area contributed by atoms with Gasteiger partial charge < -0.3 is 4.79 Å². The summed E-state index contributed by atoms with van der Waals surface area (Å²) < 4.78 is 0. The molecule has 92 valence electrons. The fourth-order valence-corrected chi connectivity index (χ4v) is 1.05. The molecule has 17 heavy (non-hydrogen) atoms. The van der Waals surface area contributed by atoms with Crippen LogP contribution in [0.4, 0.5) is 0 Å². The molecule has 3 heteroatoms. The number of rotatable bonds is 5. The molecule has 0 bridgehead atoms. The Morgan fingerprint density at radius 2 is 1.76 bits per heavy atom. The summed E-state index contributed by atoms with van der Waals surface area (Å²) in [5.41, 5.74) is 0.932. The monoisotopic (exact) mass is 233 g/mol. The normalized spacial score (nSPS) is 9.59. The Hall–Kier alpha value is -1.77. The maximum Gasteiger partial charge on any atom is 0.156 e. The van der Waals surface area contributed by atoms with Crippen molar-refractivity contribution in [2.24, 2.45) is 0 Å². The highest BCUT2D eigenvalue weighted by Crippen LogP contribution is 2.01. The van der Waals surface area contributed by atoms with Crippen LogP contribution < -0.4 is 0 Å². The van der Waals surface area contributed by atoms with Crippen molar-refractivity contribution in [1.29, 1.82) is 0 Å². The number of pyridine rings is 1. The Morgan fingerprint density at radius 1 is 1.18 bits per heavy atom. The smallest absolute Gasteiger partial charge is 0.156 e. The zero-order valence-electron chi connectivity index (χ0n) is 10.6. The number of hydrogen-bond donors (Lipinski definition) is 0. The van der Waals surface area contributed by atoms with E-state index in [1.165, 1.54) is 13.0 Å². The maximum atomic E-state index is 11.3. The zero-order chi connectivity index (χ0) is 13.1. The highest BCUT2D eigenvalue weighted by molar-refractivity contribution is 5.95. The van der Waals surface area contributed by atoms with E-state index in [-0.39, 0.29) is 18.0 Å². The first-order valence-corrected chi connectivity index (χ1v) is 5.79. The third-order valence-corrected chi connectivity index (χ3v) is 1.89. The van der Waals surface area contributed by atoms with Gasteiger partial charge in [0, 0.05) is 25.2 Å². The molecule has 0 saturated heterocycles. The lowest BCUT2D eigenvalue weighted by Gasteiger charge is -1.92. The number of hydrogen-bond acceptors (Lipinski definition) is 3. The van der Waals surface area contributed by atoms with Crippen LogP contribution in [0.15, 0.2) is 30.6 Å². The number of carbonyl (C=O) groups is 2. The first-order chi connectivity index (χ1) is 8.18. The van der Waals surface area contributed by atoms with Gasteiger partial charge in [-0.15, -0.1) is 0 Å². The summed E-state index contributed by atoms with van der Waals surface area (Å²) in [7, 11) is 0. The Bertz CT molecular complexity index is 369. The van der Waals surface area contributed by atoms with Gasteiger partial charge in [-0.25, -0.2) is 0 Å². The molecule has 0 saturated carbocycles. The van der Waals surface area contributed by atoms with Gasteiger partial charge in [-0.05, 0) is 30.7 Å². The summed E-state index contributed by atoms with van der Waals surface area (Å²) in [6.07, 6.45) is 7.16. The minimum atomic E-state index is -0.0259. The molecule has 0 aliphatic carbocycles. The molecule has 0 aliphatic rings. The molecule has 0 unspecified atom stereocenters. The molecule has 0 radical (unpaired) electrons. The van der Waals surface area contributed by atoms with E-state index in [1.807, 2.05) is 26.0 Å². The van der Waals surface area contributed by atoms with E-state index in [4.69, 9.17) is 0 Å². The van der Waals surface area contributed by atoms with E-state index in [2.05, 4.69) is 4.98 Å². The molecule has 0 atom stereocenters. The topological polar surface area (TPSA) is 47.0 Å². The molecule has 1 aromatic heterocycles. The number of aromatic nitrogens is 1. The van der Waals surface area contributed by atoms with E-state index in [1.54, 1.807) is 18.5 Å². The minimum absolute atomic E-state index is 0.0259. The van der Waals surface area contributed by atoms with Crippen molar-refractivity contribution >= 4 is 17.6 Å². The van der Waals surface area contributed by atoms with Crippen molar-refractivity contribution in [2.75, 3.05) is 0 Å². The summed E-state index contributed by atoms with van der Waals surface area (Å²) in [4.78, 5) is 25.8. The van der Waals surface area contributed by atoms with Crippen molar-refractivity contribution in [2.45, 2.75) is 33.6 Å². The Balaban J connectivity index is 0.00000121. The standard InChI is InChI=1S/C12H13NO2.C2H6/c1-10(14)2-4-12(15)5-3-11-6-8-13-9-7-11;1-2/h3,5-9H,2,4H2,1H3;1-2H3/b5-3+;. The predicted octanol–water partition coefficient (Wildman–Crippen LogP) is 3.06. The summed E-state index contributed by atoms with van der Waals surface area (Å²) in [6, 6.07) is 3.63. The molecule has 0 N–H and O–H groups in total. The second-order valence-corrected chi connectivity index (χ2v) is 3.28. The van der Waals surface area contributed by atoms with Crippen molar-refractivity contribution in [3.8, 4) is 0 Å². The lowest BCUT2D eigenvalue weighted by molar-refractivity contribution is -0.120. The molecule has 0 aliphatic heterocycles. The molecule has 1 heterocycles. The fraction of sp³-hybridized carbons (Fsp3) is 0.357. The second kappa shape index (κ2) is 9.46. The van der Waals surface area contributed by atoms with E-state index in [0.717, 1.165) is 5.56 Å². The van der Waals surface area contributed by atoms with Gasteiger partial charge in [0.25, 0.3) is 0 Å². The first kappa shape index (κ1) is 15.2. The van der Waals surface area contributed by atoms with Gasteiger partial charge in [-0.2, -0.15) is 0 Å². The molecule has 1 rings (SSSR count). The number of ketones is 2. The van der Waals surface area contributed by atoms with Crippen molar-refractivity contribution < 1.29 is 9.59 Å². The molecule has 0 amide bonds. The highest BCUT2D eigenvalue weighted by atomic mass is 16.1. The Morgan fingerprint density at radius 3 is 2.29 bits per heavy atom. The molecular formula is C14H19NO2. The quantitative estimate of drug-likeness (QED) is 0.734. The molecule has 0 aromatic carbocycles. The van der Waals surface area contributed by atoms with Gasteiger partial charge in [-0.3, -0.25) is 9.78 Å². The van der Waals surface area contributed by atoms with Gasteiger partial charge in [0.15, 0.2) is 5.78 Å². The van der Waals surface area contributed by atoms with Gasteiger partial charge in [0.05, 0.1) is 0 Å². The van der Waals surface area contributed by atoms with Crippen LogP contribution in [0.1, 0.15) is 39.2 Å². The summed E-state index contributed by atoms with van der Waals surface area (Å²) >= 11 is 0. The van der Waals surface area contributed by atoms with Crippen molar-refractivity contribution in [1.82, 2.24) is 4.98 Å². The second-order valence-electron chi connectivity index (χ2n) is 3.28. The average Bonchev–Trinajstić information content (AvgIpc) is 2.37. The fourth-order valence-electron chi connectivity index (χ4n) is 1.05. The number of nitrogens with zero attached hydrogens (tertiary/aromatic N) is 1. The third-order valence-electron chi connectivity index (χ3n) is 1.89. The van der Waals surface area contributed by atoms with Crippen LogP contribution in [0.5, 0.6) is 0 Å². The van der Waals surface area contributed by atoms with Crippen LogP contribution in [0.3, 0.4) is 0 Å². The van der Waals surface area contributed by atoms with E-state index in [0.29, 0.717) is 6.42 Å². The minimum Gasteiger partial charge on any atom is -0.300 e. The maximum absolute atomic E-state index is 11.3. The lowest BCUT2D eigenvalue weighted by atomic mass is 10.1. The molecule has 1 aromatic rings. The van der Waals surface area contributed by atoms with Crippen LogP contribution in [0.2, 0.25) is 0 Å². The first-order valence-electron chi connectivity index (χ1n) is 5.79. The van der Waals surface area contributed by atoms with Crippen LogP contribution >= 0.6 is 0 Å². The van der Waals surface area contributed by atoms with E-state index >= 15 is 0 Å². The summed E-state index contributed by atoms with van der Waals surface area (Å²) in [5, 5.41) is 0. The third kappa shape index (κ3) is 8.08. The predicted molar refractivity (Wildman–Crippen MR) is 69.5 cm³/mol. The number of allylic oxidation sites excluding steroid dienone is 1. The van der Waals surface area contributed by atoms with Gasteiger partial charge in [0.1, 0.15) is 5.78 Å². The van der Waals surface area contributed by atoms with Crippen LogP contribution in [-0.4, -0.2) is 16.6 Å². The average molecular weight is 233 g/mol. The van der Waals surface area contributed by atoms with Gasteiger partial charge in [0.2, 0.25) is 0 Å². The molecule has 0 spiro atoms. The van der Waals surface area contributed by atoms with Crippen LogP contribution in [0.25, 0.3) is 6.08 Å².